The van der Waals surface area contributed by atoms with Gasteiger partial charge in [0, 0.05) is 25.4 Å². The molecule has 1 aromatic rings. The van der Waals surface area contributed by atoms with Crippen LogP contribution in [0.25, 0.3) is 0 Å². The van der Waals surface area contributed by atoms with Crippen molar-refractivity contribution in [3.63, 3.8) is 0 Å². The van der Waals surface area contributed by atoms with Crippen molar-refractivity contribution in [1.82, 2.24) is 10.2 Å². The highest BCUT2D eigenvalue weighted by Gasteiger charge is 2.77. The SMILES string of the molecule is CCCCCNC(=O)C1N(CCCCCCO)C(=O)[C@@H]2[C@H](C(=O)Nc3ccc(OCC)cc3)[C@]3(C)CCC12O3. The van der Waals surface area contributed by atoms with Crippen molar-refractivity contribution in [2.45, 2.75) is 95.8 Å². The van der Waals surface area contributed by atoms with Crippen LogP contribution in [0.15, 0.2) is 24.3 Å². The van der Waals surface area contributed by atoms with E-state index in [9.17, 15) is 14.4 Å². The predicted molar refractivity (Wildman–Crippen MR) is 148 cm³/mol. The molecule has 3 N–H and O–H groups in total. The number of anilines is 1. The Balaban J connectivity index is 1.56. The van der Waals surface area contributed by atoms with E-state index in [0.717, 1.165) is 50.7 Å². The molecule has 0 aromatic heterocycles. The van der Waals surface area contributed by atoms with Crippen molar-refractivity contribution in [3.8, 4) is 5.75 Å². The number of rotatable bonds is 15. The molecule has 4 rings (SSSR count). The lowest BCUT2D eigenvalue weighted by atomic mass is 9.66. The van der Waals surface area contributed by atoms with Crippen LogP contribution in [0.3, 0.4) is 0 Å². The number of likely N-dealkylation sites (tertiary alicyclic amines) is 1. The van der Waals surface area contributed by atoms with E-state index < -0.39 is 29.1 Å². The molecule has 5 atom stereocenters. The molecule has 1 aromatic carbocycles. The molecule has 0 aliphatic carbocycles. The maximum Gasteiger partial charge on any atom is 0.245 e. The second-order valence-electron chi connectivity index (χ2n) is 11.3. The largest absolute Gasteiger partial charge is 0.494 e. The fourth-order valence-corrected chi connectivity index (χ4v) is 6.82. The smallest absolute Gasteiger partial charge is 0.245 e. The van der Waals surface area contributed by atoms with Crippen molar-refractivity contribution >= 4 is 23.4 Å². The molecule has 39 heavy (non-hydrogen) atoms. The predicted octanol–water partition coefficient (Wildman–Crippen LogP) is 3.65. The van der Waals surface area contributed by atoms with E-state index in [4.69, 9.17) is 14.6 Å². The van der Waals surface area contributed by atoms with Gasteiger partial charge in [0.15, 0.2) is 0 Å². The zero-order chi connectivity index (χ0) is 28.0. The molecular weight excluding hydrogens is 498 g/mol. The summed E-state index contributed by atoms with van der Waals surface area (Å²) in [5.41, 5.74) is -1.20. The second-order valence-corrected chi connectivity index (χ2v) is 11.3. The number of unbranched alkanes of at least 4 members (excludes halogenated alkanes) is 5. The number of aliphatic hydroxyl groups excluding tert-OH is 1. The van der Waals surface area contributed by atoms with Crippen LogP contribution in [0.5, 0.6) is 5.75 Å². The van der Waals surface area contributed by atoms with Crippen molar-refractivity contribution in [2.75, 3.05) is 31.6 Å². The summed E-state index contributed by atoms with van der Waals surface area (Å²) in [5.74, 6) is -1.29. The summed E-state index contributed by atoms with van der Waals surface area (Å²) in [7, 11) is 0. The molecule has 1 spiro atoms. The van der Waals surface area contributed by atoms with Gasteiger partial charge in [-0.05, 0) is 70.2 Å². The van der Waals surface area contributed by atoms with Gasteiger partial charge in [0.05, 0.1) is 24.0 Å². The number of nitrogens with zero attached hydrogens (tertiary/aromatic N) is 1. The first-order chi connectivity index (χ1) is 18.8. The molecule has 3 aliphatic rings. The maximum absolute atomic E-state index is 14.0. The Kier molecular flexibility index (Phi) is 9.54. The summed E-state index contributed by atoms with van der Waals surface area (Å²) in [6.45, 7) is 7.63. The van der Waals surface area contributed by atoms with Crippen molar-refractivity contribution in [1.29, 1.82) is 0 Å². The highest BCUT2D eigenvalue weighted by Crippen LogP contribution is 2.63. The minimum Gasteiger partial charge on any atom is -0.494 e. The Morgan fingerprint density at radius 1 is 1.05 bits per heavy atom. The highest BCUT2D eigenvalue weighted by atomic mass is 16.5. The summed E-state index contributed by atoms with van der Waals surface area (Å²) in [6.07, 6.45) is 7.31. The van der Waals surface area contributed by atoms with Crippen molar-refractivity contribution in [2.24, 2.45) is 11.8 Å². The van der Waals surface area contributed by atoms with E-state index in [1.165, 1.54) is 0 Å². The average molecular weight is 544 g/mol. The highest BCUT2D eigenvalue weighted by molar-refractivity contribution is 6.02. The van der Waals surface area contributed by atoms with Crippen LogP contribution in [-0.2, 0) is 19.1 Å². The van der Waals surface area contributed by atoms with Gasteiger partial charge in [-0.15, -0.1) is 0 Å². The molecule has 0 radical (unpaired) electrons. The van der Waals surface area contributed by atoms with Crippen molar-refractivity contribution in [3.05, 3.63) is 24.3 Å². The lowest BCUT2D eigenvalue weighted by molar-refractivity contribution is -0.145. The molecule has 2 bridgehead atoms. The van der Waals surface area contributed by atoms with E-state index in [2.05, 4.69) is 17.6 Å². The van der Waals surface area contributed by atoms with Gasteiger partial charge in [0.25, 0.3) is 0 Å². The first kappa shape index (κ1) is 29.3. The molecule has 3 fully saturated rings. The molecule has 2 unspecified atom stereocenters. The van der Waals surface area contributed by atoms with Crippen LogP contribution in [0.2, 0.25) is 0 Å². The molecule has 0 saturated carbocycles. The zero-order valence-electron chi connectivity index (χ0n) is 23.7. The summed E-state index contributed by atoms with van der Waals surface area (Å²) < 4.78 is 12.2. The molecule has 3 saturated heterocycles. The van der Waals surface area contributed by atoms with Gasteiger partial charge in [-0.3, -0.25) is 14.4 Å². The Morgan fingerprint density at radius 3 is 2.49 bits per heavy atom. The number of hydrogen-bond donors (Lipinski definition) is 3. The summed E-state index contributed by atoms with van der Waals surface area (Å²) in [6, 6.07) is 6.43. The Labute approximate surface area is 232 Å². The maximum atomic E-state index is 14.0. The third-order valence-corrected chi connectivity index (χ3v) is 8.63. The molecule has 9 heteroatoms. The molecule has 3 aliphatic heterocycles. The monoisotopic (exact) mass is 543 g/mol. The number of carbonyl (C=O) groups is 3. The Morgan fingerprint density at radius 2 is 1.79 bits per heavy atom. The van der Waals surface area contributed by atoms with Gasteiger partial charge in [-0.1, -0.05) is 32.6 Å². The van der Waals surface area contributed by atoms with E-state index in [-0.39, 0.29) is 24.3 Å². The number of benzene rings is 1. The van der Waals surface area contributed by atoms with Gasteiger partial charge in [-0.2, -0.15) is 0 Å². The van der Waals surface area contributed by atoms with Gasteiger partial charge in [0.2, 0.25) is 17.7 Å². The summed E-state index contributed by atoms with van der Waals surface area (Å²) in [5, 5.41) is 15.2. The van der Waals surface area contributed by atoms with Crippen LogP contribution in [0.1, 0.15) is 78.6 Å². The lowest BCUT2D eigenvalue weighted by Gasteiger charge is -2.33. The van der Waals surface area contributed by atoms with Crippen LogP contribution in [-0.4, -0.2) is 71.3 Å². The lowest BCUT2D eigenvalue weighted by Crippen LogP contribution is -2.55. The molecule has 9 nitrogen and oxygen atoms in total. The second kappa shape index (κ2) is 12.7. The van der Waals surface area contributed by atoms with Crippen molar-refractivity contribution < 1.29 is 29.0 Å². The van der Waals surface area contributed by atoms with E-state index >= 15 is 0 Å². The van der Waals surface area contributed by atoms with Gasteiger partial charge < -0.3 is 30.1 Å². The third-order valence-electron chi connectivity index (χ3n) is 8.63. The Hall–Kier alpha value is -2.65. The van der Waals surface area contributed by atoms with Crippen LogP contribution < -0.4 is 15.4 Å². The van der Waals surface area contributed by atoms with E-state index in [0.29, 0.717) is 38.2 Å². The fraction of sp³-hybridized carbons (Fsp3) is 0.700. The molecule has 216 valence electrons. The van der Waals surface area contributed by atoms with Crippen LogP contribution >= 0.6 is 0 Å². The normalized spacial score (nSPS) is 29.0. The van der Waals surface area contributed by atoms with E-state index in [1.54, 1.807) is 29.2 Å². The zero-order valence-corrected chi connectivity index (χ0v) is 23.7. The fourth-order valence-electron chi connectivity index (χ4n) is 6.82. The Bertz CT molecular complexity index is 1020. The first-order valence-electron chi connectivity index (χ1n) is 14.7. The molecular formula is C30H45N3O6. The van der Waals surface area contributed by atoms with Gasteiger partial charge in [-0.25, -0.2) is 0 Å². The quantitative estimate of drug-likeness (QED) is 0.291. The van der Waals surface area contributed by atoms with Gasteiger partial charge >= 0.3 is 0 Å². The minimum atomic E-state index is -1.01. The average Bonchev–Trinajstić information content (AvgIpc) is 3.48. The first-order valence-corrected chi connectivity index (χ1v) is 14.7. The topological polar surface area (TPSA) is 117 Å². The number of fused-ring (bicyclic) bond motifs is 1. The number of aliphatic hydroxyl groups is 1. The van der Waals surface area contributed by atoms with Crippen LogP contribution in [0, 0.1) is 11.8 Å². The number of amides is 3. The van der Waals surface area contributed by atoms with E-state index in [1.807, 2.05) is 13.8 Å². The minimum absolute atomic E-state index is 0.147. The number of ether oxygens (including phenoxy) is 2. The number of hydrogen-bond acceptors (Lipinski definition) is 6. The number of carbonyl (C=O) groups excluding carboxylic acids is 3. The van der Waals surface area contributed by atoms with Crippen LogP contribution in [0.4, 0.5) is 5.69 Å². The molecule has 3 heterocycles. The summed E-state index contributed by atoms with van der Waals surface area (Å²) in [4.78, 5) is 43.1. The standard InChI is InChI=1S/C30H45N3O6/c1-4-6-9-18-31-27(36)25-30-17-16-29(3,39-30)23(24(30)28(37)33(25)19-10-7-8-11-20-34)26(35)32-21-12-14-22(15-13-21)38-5-2/h12-15,23-25,34H,4-11,16-20H2,1-3H3,(H,31,36)(H,32,35)/t23-,24+,25?,29+,30?/m1/s1. The van der Waals surface area contributed by atoms with Gasteiger partial charge in [0.1, 0.15) is 17.4 Å². The molecule has 3 amide bonds. The number of nitrogens with one attached hydrogen (secondary N) is 2. The summed E-state index contributed by atoms with van der Waals surface area (Å²) >= 11 is 0. The third kappa shape index (κ3) is 5.80.